The Balaban J connectivity index is 1.84. The molecular weight excluding hydrogens is 328 g/mol. The molecule has 1 aliphatic heterocycles. The average Bonchev–Trinajstić information content (AvgIpc) is 2.59. The third-order valence-corrected chi connectivity index (χ3v) is 3.94. The Hall–Kier alpha value is -3.19. The number of hydrogen-bond acceptors (Lipinski definition) is 7. The quantitative estimate of drug-likeness (QED) is 0.653. The predicted octanol–water partition coefficient (Wildman–Crippen LogP) is 2.00. The molecule has 0 aliphatic carbocycles. The maximum Gasteiger partial charge on any atom is 0.197 e. The monoisotopic (exact) mass is 342 g/mol. The minimum atomic E-state index is -0.458. The summed E-state index contributed by atoms with van der Waals surface area (Å²) < 4.78 is 16.8. The smallest absolute Gasteiger partial charge is 0.197 e. The summed E-state index contributed by atoms with van der Waals surface area (Å²) >= 11 is 0. The van der Waals surface area contributed by atoms with Gasteiger partial charge in [-0.3, -0.25) is 4.79 Å². The molecular formula is C18H14O7. The van der Waals surface area contributed by atoms with Crippen molar-refractivity contribution in [1.29, 1.82) is 0 Å². The van der Waals surface area contributed by atoms with Crippen LogP contribution in [0.3, 0.4) is 0 Å². The molecule has 3 N–H and O–H groups in total. The second-order valence-corrected chi connectivity index (χ2v) is 5.71. The minimum absolute atomic E-state index is 0.000520. The van der Waals surface area contributed by atoms with Crippen LogP contribution < -0.4 is 14.9 Å². The molecule has 0 unspecified atom stereocenters. The summed E-state index contributed by atoms with van der Waals surface area (Å²) in [5.74, 6) is 0.665. The van der Waals surface area contributed by atoms with Crippen LogP contribution in [0.25, 0.3) is 22.3 Å². The lowest BCUT2D eigenvalue weighted by Gasteiger charge is -2.25. The molecule has 1 aliphatic rings. The Kier molecular flexibility index (Phi) is 3.51. The molecule has 4 rings (SSSR count). The topological polar surface area (TPSA) is 109 Å². The van der Waals surface area contributed by atoms with Gasteiger partial charge in [0.25, 0.3) is 0 Å². The van der Waals surface area contributed by atoms with Crippen molar-refractivity contribution < 1.29 is 29.2 Å². The highest BCUT2D eigenvalue weighted by molar-refractivity contribution is 5.86. The highest BCUT2D eigenvalue weighted by Crippen LogP contribution is 2.37. The zero-order valence-electron chi connectivity index (χ0n) is 12.9. The van der Waals surface area contributed by atoms with Crippen LogP contribution in [-0.2, 0) is 0 Å². The second-order valence-electron chi connectivity index (χ2n) is 5.71. The van der Waals surface area contributed by atoms with Gasteiger partial charge in [-0.15, -0.1) is 0 Å². The standard InChI is InChI=1S/C18H14O7/c19-7-11-8-23-14-2-1-9(3-16(14)24-11)15-6-13(22)18-12(21)4-10(20)5-17(18)25-15/h1-6,11,19-21H,7-8H2/t11-/m0/s1. The molecule has 0 fully saturated rings. The second kappa shape index (κ2) is 5.71. The van der Waals surface area contributed by atoms with Crippen LogP contribution >= 0.6 is 0 Å². The lowest BCUT2D eigenvalue weighted by atomic mass is 10.1. The molecule has 0 amide bonds. The number of rotatable bonds is 2. The third kappa shape index (κ3) is 2.64. The first-order valence-corrected chi connectivity index (χ1v) is 7.60. The molecule has 0 bridgehead atoms. The van der Waals surface area contributed by atoms with Crippen LogP contribution in [0.15, 0.2) is 45.6 Å². The molecule has 1 aromatic heterocycles. The highest BCUT2D eigenvalue weighted by atomic mass is 16.6. The van der Waals surface area contributed by atoms with Gasteiger partial charge < -0.3 is 29.2 Å². The first kappa shape index (κ1) is 15.3. The molecule has 7 heteroatoms. The van der Waals surface area contributed by atoms with Gasteiger partial charge in [-0.05, 0) is 18.2 Å². The van der Waals surface area contributed by atoms with Gasteiger partial charge in [-0.1, -0.05) is 0 Å². The molecule has 0 saturated heterocycles. The normalized spacial score (nSPS) is 16.1. The van der Waals surface area contributed by atoms with E-state index in [0.29, 0.717) is 17.1 Å². The number of aliphatic hydroxyl groups is 1. The van der Waals surface area contributed by atoms with E-state index in [4.69, 9.17) is 13.9 Å². The van der Waals surface area contributed by atoms with Gasteiger partial charge in [0.2, 0.25) is 0 Å². The molecule has 1 atom stereocenters. The van der Waals surface area contributed by atoms with Crippen LogP contribution in [0.2, 0.25) is 0 Å². The largest absolute Gasteiger partial charge is 0.508 e. The fourth-order valence-corrected chi connectivity index (χ4v) is 2.76. The Morgan fingerprint density at radius 2 is 1.92 bits per heavy atom. The summed E-state index contributed by atoms with van der Waals surface area (Å²) in [5.41, 5.74) is 0.197. The summed E-state index contributed by atoms with van der Waals surface area (Å²) in [6.45, 7) is 0.0831. The fraction of sp³-hybridized carbons (Fsp3) is 0.167. The van der Waals surface area contributed by atoms with Crippen LogP contribution in [0.5, 0.6) is 23.0 Å². The van der Waals surface area contributed by atoms with Crippen LogP contribution in [0.4, 0.5) is 0 Å². The Labute approximate surface area is 141 Å². The predicted molar refractivity (Wildman–Crippen MR) is 88.2 cm³/mol. The van der Waals surface area contributed by atoms with E-state index in [0.717, 1.165) is 6.07 Å². The zero-order chi connectivity index (χ0) is 17.6. The van der Waals surface area contributed by atoms with Crippen molar-refractivity contribution in [3.05, 3.63) is 46.6 Å². The highest BCUT2D eigenvalue weighted by Gasteiger charge is 2.21. The minimum Gasteiger partial charge on any atom is -0.508 e. The van der Waals surface area contributed by atoms with E-state index >= 15 is 0 Å². The maximum absolute atomic E-state index is 12.3. The number of phenols is 2. The maximum atomic E-state index is 12.3. The summed E-state index contributed by atoms with van der Waals surface area (Å²) in [6.07, 6.45) is -0.458. The van der Waals surface area contributed by atoms with Crippen molar-refractivity contribution in [3.8, 4) is 34.3 Å². The van der Waals surface area contributed by atoms with E-state index in [1.165, 1.54) is 12.1 Å². The number of aliphatic hydroxyl groups excluding tert-OH is 1. The van der Waals surface area contributed by atoms with E-state index < -0.39 is 11.5 Å². The lowest BCUT2D eigenvalue weighted by Crippen LogP contribution is -2.32. The van der Waals surface area contributed by atoms with Crippen molar-refractivity contribution in [3.63, 3.8) is 0 Å². The molecule has 2 aromatic carbocycles. The summed E-state index contributed by atoms with van der Waals surface area (Å²) in [7, 11) is 0. The van der Waals surface area contributed by atoms with Crippen molar-refractivity contribution in [2.24, 2.45) is 0 Å². The van der Waals surface area contributed by atoms with Gasteiger partial charge in [0.05, 0.1) is 6.61 Å². The summed E-state index contributed by atoms with van der Waals surface area (Å²) in [5, 5.41) is 28.6. The number of fused-ring (bicyclic) bond motifs is 2. The molecule has 25 heavy (non-hydrogen) atoms. The van der Waals surface area contributed by atoms with Crippen LogP contribution in [0, 0.1) is 0 Å². The Morgan fingerprint density at radius 3 is 2.72 bits per heavy atom. The summed E-state index contributed by atoms with van der Waals surface area (Å²) in [6, 6.07) is 8.63. The number of aromatic hydroxyl groups is 2. The van der Waals surface area contributed by atoms with E-state index in [-0.39, 0.29) is 41.4 Å². The van der Waals surface area contributed by atoms with Gasteiger partial charge in [-0.2, -0.15) is 0 Å². The first-order chi connectivity index (χ1) is 12.0. The molecule has 0 saturated carbocycles. The van der Waals surface area contributed by atoms with E-state index in [2.05, 4.69) is 0 Å². The van der Waals surface area contributed by atoms with Crippen LogP contribution in [0.1, 0.15) is 0 Å². The van der Waals surface area contributed by atoms with Gasteiger partial charge in [-0.25, -0.2) is 0 Å². The van der Waals surface area contributed by atoms with Crippen molar-refractivity contribution in [2.45, 2.75) is 6.10 Å². The van der Waals surface area contributed by atoms with Crippen molar-refractivity contribution in [1.82, 2.24) is 0 Å². The van der Waals surface area contributed by atoms with Gasteiger partial charge in [0, 0.05) is 23.8 Å². The number of hydrogen-bond donors (Lipinski definition) is 3. The zero-order valence-corrected chi connectivity index (χ0v) is 12.9. The van der Waals surface area contributed by atoms with Gasteiger partial charge >= 0.3 is 0 Å². The molecule has 7 nitrogen and oxygen atoms in total. The Bertz CT molecular complexity index is 1020. The van der Waals surface area contributed by atoms with E-state index in [1.807, 2.05) is 0 Å². The molecule has 0 spiro atoms. The van der Waals surface area contributed by atoms with Crippen molar-refractivity contribution >= 4 is 11.0 Å². The SMILES string of the molecule is O=c1cc(-c2ccc3c(c2)O[C@@H](CO)CO3)oc2cc(O)cc(O)c12. The number of benzene rings is 2. The molecule has 3 aromatic rings. The Morgan fingerprint density at radius 1 is 1.08 bits per heavy atom. The molecule has 0 radical (unpaired) electrons. The third-order valence-electron chi connectivity index (χ3n) is 3.94. The van der Waals surface area contributed by atoms with Gasteiger partial charge in [0.1, 0.15) is 34.8 Å². The van der Waals surface area contributed by atoms with Gasteiger partial charge in [0.15, 0.2) is 23.0 Å². The van der Waals surface area contributed by atoms with E-state index in [1.54, 1.807) is 18.2 Å². The van der Waals surface area contributed by atoms with Crippen LogP contribution in [-0.4, -0.2) is 34.6 Å². The number of phenolic OH excluding ortho intramolecular Hbond substituents is 2. The number of ether oxygens (including phenoxy) is 2. The summed E-state index contributed by atoms with van der Waals surface area (Å²) in [4.78, 5) is 12.3. The van der Waals surface area contributed by atoms with Crippen molar-refractivity contribution in [2.75, 3.05) is 13.2 Å². The van der Waals surface area contributed by atoms with E-state index in [9.17, 15) is 20.1 Å². The average molecular weight is 342 g/mol. The molecule has 128 valence electrons. The first-order valence-electron chi connectivity index (χ1n) is 7.60. The fourth-order valence-electron chi connectivity index (χ4n) is 2.76. The molecule has 2 heterocycles. The lowest BCUT2D eigenvalue weighted by molar-refractivity contribution is 0.0457.